The Hall–Kier alpha value is -0.280. The molecule has 0 saturated heterocycles. The summed E-state index contributed by atoms with van der Waals surface area (Å²) in [4.78, 5) is 4.32. The topological polar surface area (TPSA) is 68.8 Å². The molecule has 0 aromatic carbocycles. The molecule has 2 aromatic heterocycles. The molecular formula is C11H15Br2N5S. The highest BCUT2D eigenvalue weighted by molar-refractivity contribution is 9.12. The quantitative estimate of drug-likeness (QED) is 0.569. The lowest BCUT2D eigenvalue weighted by Gasteiger charge is -2.15. The molecule has 1 unspecified atom stereocenters. The number of hydrazine groups is 1. The molecule has 0 aliphatic heterocycles. The van der Waals surface area contributed by atoms with Crippen molar-refractivity contribution in [3.63, 3.8) is 0 Å². The average Bonchev–Trinajstić information content (AvgIpc) is 2.94. The fourth-order valence-electron chi connectivity index (χ4n) is 1.88. The minimum Gasteiger partial charge on any atom is -0.271 e. The molecule has 8 heteroatoms. The lowest BCUT2D eigenvalue weighted by atomic mass is 10.1. The molecule has 2 heterocycles. The first-order valence-electron chi connectivity index (χ1n) is 5.93. The van der Waals surface area contributed by atoms with Gasteiger partial charge in [-0.1, -0.05) is 6.92 Å². The van der Waals surface area contributed by atoms with E-state index in [1.807, 2.05) is 4.68 Å². The third kappa shape index (κ3) is 3.63. The molecule has 5 nitrogen and oxygen atoms in total. The molecule has 0 aliphatic rings. The number of halogens is 2. The van der Waals surface area contributed by atoms with Crippen LogP contribution in [0.2, 0.25) is 0 Å². The number of hydrogen-bond donors (Lipinski definition) is 2. The Morgan fingerprint density at radius 2 is 2.32 bits per heavy atom. The zero-order valence-corrected chi connectivity index (χ0v) is 14.4. The minimum absolute atomic E-state index is 0.0109. The van der Waals surface area contributed by atoms with Gasteiger partial charge in [0.2, 0.25) is 0 Å². The van der Waals surface area contributed by atoms with Crippen molar-refractivity contribution in [2.24, 2.45) is 5.84 Å². The van der Waals surface area contributed by atoms with Crippen LogP contribution in [-0.4, -0.2) is 14.8 Å². The van der Waals surface area contributed by atoms with Crippen LogP contribution in [0.25, 0.3) is 0 Å². The monoisotopic (exact) mass is 407 g/mol. The van der Waals surface area contributed by atoms with Crippen molar-refractivity contribution in [1.29, 1.82) is 0 Å². The number of nitrogens with one attached hydrogen (secondary N) is 1. The van der Waals surface area contributed by atoms with Crippen LogP contribution in [0.4, 0.5) is 0 Å². The molecule has 0 aliphatic carbocycles. The van der Waals surface area contributed by atoms with Gasteiger partial charge in [0.1, 0.15) is 12.2 Å². The summed E-state index contributed by atoms with van der Waals surface area (Å²) in [6.45, 7) is 3.00. The summed E-state index contributed by atoms with van der Waals surface area (Å²) in [6.07, 6.45) is 3.33. The Labute approximate surface area is 132 Å². The molecule has 2 rings (SSSR count). The van der Waals surface area contributed by atoms with Crippen molar-refractivity contribution in [1.82, 2.24) is 20.2 Å². The van der Waals surface area contributed by atoms with Gasteiger partial charge in [-0.15, -0.1) is 11.3 Å². The number of aryl methyl sites for hydroxylation is 1. The molecule has 19 heavy (non-hydrogen) atoms. The SMILES string of the molecule is CCCn1ncnc1CC(NN)c1cc(Br)sc1Br. The first-order valence-corrected chi connectivity index (χ1v) is 8.33. The summed E-state index contributed by atoms with van der Waals surface area (Å²) in [7, 11) is 0. The normalized spacial score (nSPS) is 12.8. The van der Waals surface area contributed by atoms with E-state index in [4.69, 9.17) is 5.84 Å². The lowest BCUT2D eigenvalue weighted by molar-refractivity contribution is 0.499. The third-order valence-corrected chi connectivity index (χ3v) is 5.16. The van der Waals surface area contributed by atoms with Crippen molar-refractivity contribution in [3.05, 3.63) is 31.4 Å². The van der Waals surface area contributed by atoms with Gasteiger partial charge in [0, 0.05) is 13.0 Å². The van der Waals surface area contributed by atoms with Crippen molar-refractivity contribution >= 4 is 43.2 Å². The van der Waals surface area contributed by atoms with Crippen LogP contribution in [0.1, 0.15) is 30.8 Å². The molecule has 0 radical (unpaired) electrons. The fraction of sp³-hybridized carbons (Fsp3) is 0.455. The Bertz CT molecular complexity index is 539. The van der Waals surface area contributed by atoms with E-state index in [1.54, 1.807) is 17.7 Å². The summed E-state index contributed by atoms with van der Waals surface area (Å²) >= 11 is 8.68. The highest BCUT2D eigenvalue weighted by Gasteiger charge is 2.19. The van der Waals surface area contributed by atoms with Crippen LogP contribution in [0.5, 0.6) is 0 Å². The van der Waals surface area contributed by atoms with Crippen molar-refractivity contribution in [2.75, 3.05) is 0 Å². The molecule has 0 fully saturated rings. The van der Waals surface area contributed by atoms with Crippen molar-refractivity contribution in [3.8, 4) is 0 Å². The van der Waals surface area contributed by atoms with Crippen LogP contribution in [0.15, 0.2) is 20.0 Å². The van der Waals surface area contributed by atoms with E-state index in [-0.39, 0.29) is 6.04 Å². The summed E-state index contributed by atoms with van der Waals surface area (Å²) < 4.78 is 4.08. The Balaban J connectivity index is 2.19. The van der Waals surface area contributed by atoms with Gasteiger partial charge >= 0.3 is 0 Å². The Morgan fingerprint density at radius 1 is 1.53 bits per heavy atom. The highest BCUT2D eigenvalue weighted by atomic mass is 79.9. The summed E-state index contributed by atoms with van der Waals surface area (Å²) in [5, 5.41) is 4.23. The number of nitrogens with zero attached hydrogens (tertiary/aromatic N) is 3. The van der Waals surface area contributed by atoms with Gasteiger partial charge in [-0.05, 0) is 49.9 Å². The van der Waals surface area contributed by atoms with Gasteiger partial charge < -0.3 is 0 Å². The molecule has 1 atom stereocenters. The van der Waals surface area contributed by atoms with Crippen LogP contribution in [0.3, 0.4) is 0 Å². The van der Waals surface area contributed by atoms with Gasteiger partial charge in [0.05, 0.1) is 13.6 Å². The molecule has 0 saturated carbocycles. The van der Waals surface area contributed by atoms with Crippen LogP contribution in [0, 0.1) is 0 Å². The zero-order chi connectivity index (χ0) is 13.8. The fourth-order valence-corrected chi connectivity index (χ4v) is 4.85. The molecular weight excluding hydrogens is 394 g/mol. The Kier molecular flexibility index (Phi) is 5.52. The van der Waals surface area contributed by atoms with E-state index in [0.717, 1.165) is 31.9 Å². The molecule has 104 valence electrons. The van der Waals surface area contributed by atoms with Gasteiger partial charge in [0.15, 0.2) is 0 Å². The van der Waals surface area contributed by atoms with Crippen LogP contribution < -0.4 is 11.3 Å². The van der Waals surface area contributed by atoms with Crippen LogP contribution >= 0.6 is 43.2 Å². The first kappa shape index (κ1) is 15.1. The van der Waals surface area contributed by atoms with E-state index < -0.39 is 0 Å². The van der Waals surface area contributed by atoms with E-state index in [1.165, 1.54) is 0 Å². The van der Waals surface area contributed by atoms with E-state index >= 15 is 0 Å². The number of aromatic nitrogens is 3. The Morgan fingerprint density at radius 3 is 2.89 bits per heavy atom. The van der Waals surface area contributed by atoms with Gasteiger partial charge in [-0.25, -0.2) is 4.98 Å². The average molecular weight is 409 g/mol. The second kappa shape index (κ2) is 6.94. The largest absolute Gasteiger partial charge is 0.271 e. The second-order valence-electron chi connectivity index (χ2n) is 4.10. The predicted octanol–water partition coefficient (Wildman–Crippen LogP) is 3.02. The number of thiophene rings is 1. The summed E-state index contributed by atoms with van der Waals surface area (Å²) in [5.41, 5.74) is 3.98. The molecule has 0 amide bonds. The smallest absolute Gasteiger partial charge is 0.138 e. The van der Waals surface area contributed by atoms with E-state index in [0.29, 0.717) is 6.42 Å². The lowest BCUT2D eigenvalue weighted by Crippen LogP contribution is -2.30. The maximum Gasteiger partial charge on any atom is 0.138 e. The van der Waals surface area contributed by atoms with Gasteiger partial charge in [-0.2, -0.15) is 5.10 Å². The highest BCUT2D eigenvalue weighted by Crippen LogP contribution is 2.36. The predicted molar refractivity (Wildman–Crippen MR) is 83.8 cm³/mol. The first-order chi connectivity index (χ1) is 9.15. The third-order valence-electron chi connectivity index (χ3n) is 2.78. The van der Waals surface area contributed by atoms with Crippen molar-refractivity contribution < 1.29 is 0 Å². The summed E-state index contributed by atoms with van der Waals surface area (Å²) in [5.74, 6) is 6.63. The maximum absolute atomic E-state index is 5.68. The van der Waals surface area contributed by atoms with Crippen LogP contribution in [-0.2, 0) is 13.0 Å². The maximum atomic E-state index is 5.68. The van der Waals surface area contributed by atoms with Gasteiger partial charge in [0.25, 0.3) is 0 Å². The standard InChI is InChI=1S/C11H15Br2N5S/c1-2-3-18-10(15-6-16-18)5-8(17-14)7-4-9(12)19-11(7)13/h4,6,8,17H,2-3,5,14H2,1H3. The molecule has 3 N–H and O–H groups in total. The van der Waals surface area contributed by atoms with Gasteiger partial charge in [-0.3, -0.25) is 16.0 Å². The zero-order valence-electron chi connectivity index (χ0n) is 10.4. The number of nitrogens with two attached hydrogens (primary N) is 1. The molecule has 0 spiro atoms. The molecule has 0 bridgehead atoms. The second-order valence-corrected chi connectivity index (χ2v) is 7.85. The number of rotatable bonds is 6. The van der Waals surface area contributed by atoms with Crippen molar-refractivity contribution in [2.45, 2.75) is 32.4 Å². The minimum atomic E-state index is 0.0109. The van der Waals surface area contributed by atoms with E-state index in [9.17, 15) is 0 Å². The molecule has 2 aromatic rings. The number of hydrogen-bond acceptors (Lipinski definition) is 5. The summed E-state index contributed by atoms with van der Waals surface area (Å²) in [6, 6.07) is 2.08. The van der Waals surface area contributed by atoms with E-state index in [2.05, 4.69) is 60.4 Å².